The average Bonchev–Trinajstić information content (AvgIpc) is 3.10. The first-order chi connectivity index (χ1) is 25.1. The zero-order valence-electron chi connectivity index (χ0n) is 32.6. The summed E-state index contributed by atoms with van der Waals surface area (Å²) in [4.78, 5) is 11.6. The number of unbranched alkanes of at least 4 members (excludes halogenated alkanes) is 25. The van der Waals surface area contributed by atoms with Gasteiger partial charge in [0, 0.05) is 13.5 Å². The number of ether oxygens (including phenoxy) is 4. The first-order valence-corrected chi connectivity index (χ1v) is 22.1. The molecular weight excluding hydrogens is 692 g/mol. The van der Waals surface area contributed by atoms with Crippen molar-refractivity contribution in [3.05, 3.63) is 0 Å². The molecule has 6 unspecified atom stereocenters. The summed E-state index contributed by atoms with van der Waals surface area (Å²) in [5, 5.41) is 30.0. The molecule has 0 spiro atoms. The van der Waals surface area contributed by atoms with E-state index >= 15 is 0 Å². The molecule has 0 saturated carbocycles. The molecule has 0 aromatic rings. The van der Waals surface area contributed by atoms with E-state index in [1.807, 2.05) is 0 Å². The van der Waals surface area contributed by atoms with Crippen molar-refractivity contribution in [2.75, 3.05) is 26.4 Å². The normalized spacial score (nSPS) is 21.4. The minimum atomic E-state index is -5.03. The molecule has 1 saturated heterocycles. The fraction of sp³-hybridized carbons (Fsp3) is 0.974. The van der Waals surface area contributed by atoms with Crippen LogP contribution in [0.3, 0.4) is 0 Å². The molecule has 6 atom stereocenters. The van der Waals surface area contributed by atoms with Crippen LogP contribution in [0.15, 0.2) is 0 Å². The van der Waals surface area contributed by atoms with E-state index in [0.717, 1.165) is 19.3 Å². The van der Waals surface area contributed by atoms with Gasteiger partial charge in [-0.1, -0.05) is 167 Å². The molecular formula is C39H76O12S. The van der Waals surface area contributed by atoms with Crippen molar-refractivity contribution in [3.63, 3.8) is 0 Å². The first kappa shape index (κ1) is 49.1. The Labute approximate surface area is 316 Å². The molecule has 310 valence electrons. The molecule has 12 nitrogen and oxygen atoms in total. The van der Waals surface area contributed by atoms with Crippen LogP contribution in [0.4, 0.5) is 0 Å². The molecule has 52 heavy (non-hydrogen) atoms. The van der Waals surface area contributed by atoms with Crippen LogP contribution in [0.1, 0.15) is 181 Å². The van der Waals surface area contributed by atoms with Crippen LogP contribution < -0.4 is 0 Å². The van der Waals surface area contributed by atoms with Gasteiger partial charge in [0.15, 0.2) is 6.29 Å². The predicted octanol–water partition coefficient (Wildman–Crippen LogP) is 7.74. The topological polar surface area (TPSA) is 178 Å². The number of rotatable bonds is 36. The van der Waals surface area contributed by atoms with Gasteiger partial charge in [-0.3, -0.25) is 9.35 Å². The lowest BCUT2D eigenvalue weighted by Gasteiger charge is -2.41. The standard InChI is InChI=1S/C39H76O12S/c1-3-4-5-6-7-8-9-10-11-12-13-14-15-16-17-18-19-20-21-22-23-24-25-26-27-28-29-47-31-34(49-33(2)41)32-48-39-37(43)38(51-52(44,45)46)36(42)35(30-40)50-39/h34-40,42-43H,3-32H2,1-2H3,(H,44,45,46). The Balaban J connectivity index is 1.98. The maximum absolute atomic E-state index is 11.6. The molecule has 0 radical (unpaired) electrons. The van der Waals surface area contributed by atoms with E-state index in [1.165, 1.54) is 155 Å². The van der Waals surface area contributed by atoms with Gasteiger partial charge in [0.05, 0.1) is 19.8 Å². The smallest absolute Gasteiger partial charge is 0.397 e. The van der Waals surface area contributed by atoms with Gasteiger partial charge in [-0.2, -0.15) is 8.42 Å². The van der Waals surface area contributed by atoms with Crippen molar-refractivity contribution in [1.82, 2.24) is 0 Å². The minimum absolute atomic E-state index is 0.0266. The molecule has 1 aliphatic heterocycles. The van der Waals surface area contributed by atoms with Gasteiger partial charge in [0.1, 0.15) is 30.5 Å². The molecule has 1 rings (SSSR count). The van der Waals surface area contributed by atoms with Crippen molar-refractivity contribution in [1.29, 1.82) is 0 Å². The third-order valence-electron chi connectivity index (χ3n) is 9.78. The molecule has 0 bridgehead atoms. The second-order valence-corrected chi connectivity index (χ2v) is 15.7. The van der Waals surface area contributed by atoms with Crippen LogP contribution >= 0.6 is 0 Å². The number of esters is 1. The summed E-state index contributed by atoms with van der Waals surface area (Å²) in [5.41, 5.74) is 0. The Kier molecular flexibility index (Phi) is 30.6. The highest BCUT2D eigenvalue weighted by Crippen LogP contribution is 2.26. The summed E-state index contributed by atoms with van der Waals surface area (Å²) in [6.07, 6.45) is 25.7. The van der Waals surface area contributed by atoms with E-state index in [9.17, 15) is 28.5 Å². The lowest BCUT2D eigenvalue weighted by atomic mass is 9.99. The van der Waals surface area contributed by atoms with Crippen LogP contribution in [-0.2, 0) is 38.3 Å². The maximum atomic E-state index is 11.6. The number of carbonyl (C=O) groups is 1. The lowest BCUT2D eigenvalue weighted by Crippen LogP contribution is -2.60. The van der Waals surface area contributed by atoms with Gasteiger partial charge in [0.2, 0.25) is 0 Å². The van der Waals surface area contributed by atoms with Crippen molar-refractivity contribution >= 4 is 16.4 Å². The third-order valence-corrected chi connectivity index (χ3v) is 10.2. The highest BCUT2D eigenvalue weighted by Gasteiger charge is 2.48. The van der Waals surface area contributed by atoms with Crippen LogP contribution in [0.25, 0.3) is 0 Å². The van der Waals surface area contributed by atoms with Crippen molar-refractivity contribution in [2.24, 2.45) is 0 Å². The number of hydrogen-bond donors (Lipinski definition) is 4. The van der Waals surface area contributed by atoms with Gasteiger partial charge in [0.25, 0.3) is 0 Å². The Morgan fingerprint density at radius 2 is 1.06 bits per heavy atom. The van der Waals surface area contributed by atoms with Crippen molar-refractivity contribution in [2.45, 2.75) is 218 Å². The monoisotopic (exact) mass is 769 g/mol. The SMILES string of the molecule is CCCCCCCCCCCCCCCCCCCCCCCCCCCCOCC(COC1OC(CO)C(O)C(OS(=O)(=O)O)C1O)OC(C)=O. The molecule has 0 aromatic carbocycles. The Hall–Kier alpha value is -0.900. The van der Waals surface area contributed by atoms with Gasteiger partial charge >= 0.3 is 16.4 Å². The van der Waals surface area contributed by atoms with E-state index in [2.05, 4.69) is 11.1 Å². The quantitative estimate of drug-likeness (QED) is 0.0277. The third kappa shape index (κ3) is 26.8. The fourth-order valence-electron chi connectivity index (χ4n) is 6.73. The summed E-state index contributed by atoms with van der Waals surface area (Å²) >= 11 is 0. The molecule has 1 fully saturated rings. The zero-order chi connectivity index (χ0) is 38.3. The second-order valence-electron chi connectivity index (χ2n) is 14.7. The summed E-state index contributed by atoms with van der Waals surface area (Å²) in [6.45, 7) is 2.99. The Morgan fingerprint density at radius 3 is 1.42 bits per heavy atom. The molecule has 0 aromatic heterocycles. The highest BCUT2D eigenvalue weighted by atomic mass is 32.3. The minimum Gasteiger partial charge on any atom is -0.458 e. The van der Waals surface area contributed by atoms with Gasteiger partial charge in [-0.05, 0) is 6.42 Å². The van der Waals surface area contributed by atoms with Crippen LogP contribution in [0, 0.1) is 0 Å². The maximum Gasteiger partial charge on any atom is 0.397 e. The zero-order valence-corrected chi connectivity index (χ0v) is 33.5. The second kappa shape index (κ2) is 32.4. The van der Waals surface area contributed by atoms with E-state index in [4.69, 9.17) is 23.5 Å². The fourth-order valence-corrected chi connectivity index (χ4v) is 7.24. The number of carbonyl (C=O) groups excluding carboxylic acids is 1. The number of aliphatic hydroxyl groups excluding tert-OH is 3. The first-order valence-electron chi connectivity index (χ1n) is 20.7. The molecule has 13 heteroatoms. The van der Waals surface area contributed by atoms with E-state index in [1.54, 1.807) is 0 Å². The van der Waals surface area contributed by atoms with Crippen LogP contribution in [-0.4, -0.2) is 97.5 Å². The van der Waals surface area contributed by atoms with Crippen LogP contribution in [0.2, 0.25) is 0 Å². The van der Waals surface area contributed by atoms with Crippen LogP contribution in [0.5, 0.6) is 0 Å². The predicted molar refractivity (Wildman–Crippen MR) is 202 cm³/mol. The van der Waals surface area contributed by atoms with E-state index in [0.29, 0.717) is 6.61 Å². The Morgan fingerprint density at radius 1 is 0.654 bits per heavy atom. The summed E-state index contributed by atoms with van der Waals surface area (Å²) in [6, 6.07) is 0. The van der Waals surface area contributed by atoms with Gasteiger partial charge < -0.3 is 34.3 Å². The van der Waals surface area contributed by atoms with Gasteiger partial charge in [-0.25, -0.2) is 4.18 Å². The molecule has 1 heterocycles. The molecule has 1 aliphatic rings. The largest absolute Gasteiger partial charge is 0.458 e. The summed E-state index contributed by atoms with van der Waals surface area (Å²) < 4.78 is 57.4. The number of hydrogen-bond acceptors (Lipinski definition) is 11. The summed E-state index contributed by atoms with van der Waals surface area (Å²) in [5.74, 6) is -0.571. The molecule has 0 aliphatic carbocycles. The number of aliphatic hydroxyl groups is 3. The Bertz CT molecular complexity index is 936. The van der Waals surface area contributed by atoms with Crippen molar-refractivity contribution < 1.29 is 56.2 Å². The van der Waals surface area contributed by atoms with E-state index in [-0.39, 0.29) is 13.2 Å². The molecule has 0 amide bonds. The molecule has 4 N–H and O–H groups in total. The van der Waals surface area contributed by atoms with Crippen molar-refractivity contribution in [3.8, 4) is 0 Å². The van der Waals surface area contributed by atoms with E-state index < -0.39 is 59.8 Å². The van der Waals surface area contributed by atoms with Gasteiger partial charge in [-0.15, -0.1) is 0 Å². The highest BCUT2D eigenvalue weighted by molar-refractivity contribution is 7.80. The lowest BCUT2D eigenvalue weighted by molar-refractivity contribution is -0.301. The average molecular weight is 769 g/mol. The summed E-state index contributed by atoms with van der Waals surface area (Å²) in [7, 11) is -5.03.